The third kappa shape index (κ3) is 1.26. The Hall–Kier alpha value is -1.26. The topological polar surface area (TPSA) is 58.6 Å². The second-order valence-electron chi connectivity index (χ2n) is 2.47. The number of hydrogen-bond donors (Lipinski definition) is 1. The quantitative estimate of drug-likeness (QED) is 0.552. The highest BCUT2D eigenvalue weighted by atomic mass is 16.5. The molecular weight excluding hydrogens is 148 g/mol. The fraction of sp³-hybridized carbons (Fsp3) is 0.667. The zero-order chi connectivity index (χ0) is 8.43. The number of urea groups is 1. The Labute approximate surface area is 64.3 Å². The van der Waals surface area contributed by atoms with Gasteiger partial charge in [-0.1, -0.05) is 0 Å². The van der Waals surface area contributed by atoms with Crippen LogP contribution in [0, 0.1) is 0 Å². The highest BCUT2D eigenvalue weighted by Gasteiger charge is 2.35. The number of rotatable bonds is 2. The largest absolute Gasteiger partial charge is 0.441 e. The molecule has 0 aromatic rings. The molecular formula is C6H10N2O3. The van der Waals surface area contributed by atoms with Crippen LogP contribution in [0.3, 0.4) is 0 Å². The number of ether oxygens (including phenoxy) is 1. The SMILES string of the molecule is CC1NC(=O)N(C)C1OC=O. The number of carbonyl (C=O) groups is 2. The van der Waals surface area contributed by atoms with Gasteiger partial charge in [0, 0.05) is 7.05 Å². The second-order valence-corrected chi connectivity index (χ2v) is 2.47. The van der Waals surface area contributed by atoms with Crippen LogP contribution in [0.15, 0.2) is 0 Å². The van der Waals surface area contributed by atoms with E-state index in [1.54, 1.807) is 14.0 Å². The number of carbonyl (C=O) groups excluding carboxylic acids is 2. The van der Waals surface area contributed by atoms with Crippen LogP contribution in [0.25, 0.3) is 0 Å². The molecule has 0 bridgehead atoms. The zero-order valence-corrected chi connectivity index (χ0v) is 6.40. The molecule has 5 heteroatoms. The van der Waals surface area contributed by atoms with Gasteiger partial charge in [0.25, 0.3) is 6.47 Å². The summed E-state index contributed by atoms with van der Waals surface area (Å²) in [6.07, 6.45) is -0.472. The van der Waals surface area contributed by atoms with Crippen molar-refractivity contribution in [2.24, 2.45) is 0 Å². The summed E-state index contributed by atoms with van der Waals surface area (Å²) in [5.41, 5.74) is 0. The minimum absolute atomic E-state index is 0.141. The molecule has 1 N–H and O–H groups in total. The maximum Gasteiger partial charge on any atom is 0.320 e. The molecule has 11 heavy (non-hydrogen) atoms. The molecule has 1 heterocycles. The van der Waals surface area contributed by atoms with E-state index in [0.29, 0.717) is 6.47 Å². The molecule has 2 atom stereocenters. The Balaban J connectivity index is 2.63. The summed E-state index contributed by atoms with van der Waals surface area (Å²) < 4.78 is 4.66. The number of amides is 2. The fourth-order valence-corrected chi connectivity index (χ4v) is 1.08. The highest BCUT2D eigenvalue weighted by molar-refractivity contribution is 5.77. The van der Waals surface area contributed by atoms with Crippen LogP contribution in [0.4, 0.5) is 4.79 Å². The summed E-state index contributed by atoms with van der Waals surface area (Å²) in [7, 11) is 1.58. The van der Waals surface area contributed by atoms with Crippen molar-refractivity contribution in [2.75, 3.05) is 7.05 Å². The first-order valence-electron chi connectivity index (χ1n) is 3.29. The monoisotopic (exact) mass is 158 g/mol. The molecule has 2 amide bonds. The molecule has 1 aliphatic rings. The van der Waals surface area contributed by atoms with Gasteiger partial charge >= 0.3 is 6.03 Å². The van der Waals surface area contributed by atoms with Crippen molar-refractivity contribution in [2.45, 2.75) is 19.2 Å². The van der Waals surface area contributed by atoms with Crippen molar-refractivity contribution in [3.8, 4) is 0 Å². The molecule has 62 valence electrons. The normalized spacial score (nSPS) is 30.0. The first-order chi connectivity index (χ1) is 5.16. The Kier molecular flexibility index (Phi) is 1.98. The van der Waals surface area contributed by atoms with Gasteiger partial charge in [-0.05, 0) is 6.92 Å². The van der Waals surface area contributed by atoms with Crippen molar-refractivity contribution in [3.63, 3.8) is 0 Å². The molecule has 0 aromatic heterocycles. The highest BCUT2D eigenvalue weighted by Crippen LogP contribution is 2.10. The lowest BCUT2D eigenvalue weighted by molar-refractivity contribution is -0.139. The molecule has 0 radical (unpaired) electrons. The number of hydrogen-bond acceptors (Lipinski definition) is 3. The Morgan fingerprint density at radius 1 is 1.73 bits per heavy atom. The summed E-state index contributed by atoms with van der Waals surface area (Å²) in [6, 6.07) is -0.359. The maximum absolute atomic E-state index is 10.9. The minimum atomic E-state index is -0.472. The van der Waals surface area contributed by atoms with Crippen molar-refractivity contribution in [3.05, 3.63) is 0 Å². The fourth-order valence-electron chi connectivity index (χ4n) is 1.08. The number of likely N-dealkylation sites (N-methyl/N-ethyl adjacent to an activating group) is 1. The average Bonchev–Trinajstić information content (AvgIpc) is 2.17. The minimum Gasteiger partial charge on any atom is -0.441 e. The van der Waals surface area contributed by atoms with E-state index in [9.17, 15) is 9.59 Å². The first kappa shape index (κ1) is 7.84. The average molecular weight is 158 g/mol. The van der Waals surface area contributed by atoms with Gasteiger partial charge in [-0.15, -0.1) is 0 Å². The predicted molar refractivity (Wildman–Crippen MR) is 36.7 cm³/mol. The van der Waals surface area contributed by atoms with Gasteiger partial charge in [0.05, 0.1) is 6.04 Å². The molecule has 1 fully saturated rings. The molecule has 0 aliphatic carbocycles. The van der Waals surface area contributed by atoms with Crippen LogP contribution in [0.5, 0.6) is 0 Å². The van der Waals surface area contributed by atoms with E-state index in [-0.39, 0.29) is 12.1 Å². The predicted octanol–water partition coefficient (Wildman–Crippen LogP) is -0.471. The van der Waals surface area contributed by atoms with Crippen LogP contribution in [-0.4, -0.2) is 36.7 Å². The summed E-state index contributed by atoms with van der Waals surface area (Å²) in [5.74, 6) is 0. The van der Waals surface area contributed by atoms with E-state index in [0.717, 1.165) is 0 Å². The van der Waals surface area contributed by atoms with E-state index in [4.69, 9.17) is 0 Å². The van der Waals surface area contributed by atoms with E-state index < -0.39 is 6.23 Å². The summed E-state index contributed by atoms with van der Waals surface area (Å²) in [4.78, 5) is 22.2. The van der Waals surface area contributed by atoms with Crippen LogP contribution >= 0.6 is 0 Å². The lowest BCUT2D eigenvalue weighted by Gasteiger charge is -2.17. The molecule has 1 rings (SSSR count). The molecule has 0 spiro atoms. The van der Waals surface area contributed by atoms with E-state index >= 15 is 0 Å². The Morgan fingerprint density at radius 2 is 2.36 bits per heavy atom. The summed E-state index contributed by atoms with van der Waals surface area (Å²) in [5, 5.41) is 2.60. The molecule has 0 saturated carbocycles. The lowest BCUT2D eigenvalue weighted by Crippen LogP contribution is -2.34. The van der Waals surface area contributed by atoms with Crippen LogP contribution in [0.1, 0.15) is 6.92 Å². The van der Waals surface area contributed by atoms with Gasteiger partial charge in [-0.25, -0.2) is 4.79 Å². The summed E-state index contributed by atoms with van der Waals surface area (Å²) >= 11 is 0. The molecule has 2 unspecified atom stereocenters. The zero-order valence-electron chi connectivity index (χ0n) is 6.40. The van der Waals surface area contributed by atoms with Gasteiger partial charge in [0.1, 0.15) is 0 Å². The van der Waals surface area contributed by atoms with Gasteiger partial charge < -0.3 is 10.1 Å². The lowest BCUT2D eigenvalue weighted by atomic mass is 10.3. The molecule has 5 nitrogen and oxygen atoms in total. The van der Waals surface area contributed by atoms with Gasteiger partial charge in [-0.2, -0.15) is 0 Å². The molecule has 1 aliphatic heterocycles. The van der Waals surface area contributed by atoms with Gasteiger partial charge in [-0.3, -0.25) is 9.69 Å². The number of nitrogens with zero attached hydrogens (tertiary/aromatic N) is 1. The third-order valence-electron chi connectivity index (χ3n) is 1.68. The first-order valence-corrected chi connectivity index (χ1v) is 3.29. The van der Waals surface area contributed by atoms with Gasteiger partial charge in [0.15, 0.2) is 6.23 Å². The molecule has 1 saturated heterocycles. The standard InChI is InChI=1S/C6H10N2O3/c1-4-5(11-3-9)8(2)6(10)7-4/h3-5H,1-2H3,(H,7,10). The summed E-state index contributed by atoms with van der Waals surface area (Å²) in [6.45, 7) is 2.12. The second kappa shape index (κ2) is 2.77. The van der Waals surface area contributed by atoms with Crippen molar-refractivity contribution in [1.82, 2.24) is 10.2 Å². The Bertz CT molecular complexity index is 183. The van der Waals surface area contributed by atoms with E-state index in [1.807, 2.05) is 0 Å². The number of nitrogens with one attached hydrogen (secondary N) is 1. The van der Waals surface area contributed by atoms with Crippen molar-refractivity contribution in [1.29, 1.82) is 0 Å². The maximum atomic E-state index is 10.9. The van der Waals surface area contributed by atoms with E-state index in [2.05, 4.69) is 10.1 Å². The van der Waals surface area contributed by atoms with Crippen LogP contribution in [-0.2, 0) is 9.53 Å². The Morgan fingerprint density at radius 3 is 2.73 bits per heavy atom. The van der Waals surface area contributed by atoms with Crippen LogP contribution < -0.4 is 5.32 Å². The smallest absolute Gasteiger partial charge is 0.320 e. The molecule has 0 aromatic carbocycles. The van der Waals surface area contributed by atoms with Crippen molar-refractivity contribution < 1.29 is 14.3 Å². The van der Waals surface area contributed by atoms with Gasteiger partial charge in [0.2, 0.25) is 0 Å². The third-order valence-corrected chi connectivity index (χ3v) is 1.68. The van der Waals surface area contributed by atoms with Crippen LogP contribution in [0.2, 0.25) is 0 Å². The van der Waals surface area contributed by atoms with Crippen molar-refractivity contribution >= 4 is 12.5 Å². The van der Waals surface area contributed by atoms with E-state index in [1.165, 1.54) is 4.90 Å².